The Hall–Kier alpha value is -2.91. The second-order valence-electron chi connectivity index (χ2n) is 7.33. The Balaban J connectivity index is 1.53. The van der Waals surface area contributed by atoms with E-state index in [4.69, 9.17) is 4.74 Å². The Labute approximate surface area is 182 Å². The van der Waals surface area contributed by atoms with Crippen LogP contribution in [0.4, 0.5) is 5.69 Å². The van der Waals surface area contributed by atoms with Gasteiger partial charge in [-0.05, 0) is 49.4 Å². The van der Waals surface area contributed by atoms with Crippen molar-refractivity contribution in [2.45, 2.75) is 25.6 Å². The molecule has 0 aromatic heterocycles. The third-order valence-electron chi connectivity index (χ3n) is 5.11. The zero-order chi connectivity index (χ0) is 22.4. The van der Waals surface area contributed by atoms with Gasteiger partial charge in [0.25, 0.3) is 0 Å². The second-order valence-corrected chi connectivity index (χ2v) is 9.26. The van der Waals surface area contributed by atoms with Crippen LogP contribution in [0.1, 0.15) is 24.5 Å². The number of benzene rings is 2. The van der Waals surface area contributed by atoms with Crippen LogP contribution >= 0.6 is 0 Å². The Kier molecular flexibility index (Phi) is 7.29. The van der Waals surface area contributed by atoms with Crippen LogP contribution in [0.2, 0.25) is 0 Å². The van der Waals surface area contributed by atoms with E-state index >= 15 is 0 Å². The van der Waals surface area contributed by atoms with E-state index in [0.29, 0.717) is 25.3 Å². The van der Waals surface area contributed by atoms with Crippen molar-refractivity contribution in [3.05, 3.63) is 59.7 Å². The molecule has 3 rings (SSSR count). The van der Waals surface area contributed by atoms with Gasteiger partial charge < -0.3 is 15.0 Å². The molecule has 2 aromatic carbocycles. The average molecular weight is 446 g/mol. The number of rotatable bonds is 9. The van der Waals surface area contributed by atoms with Gasteiger partial charge in [-0.2, -0.15) is 0 Å². The predicted molar refractivity (Wildman–Crippen MR) is 118 cm³/mol. The molecule has 0 spiro atoms. The molecule has 1 fully saturated rings. The van der Waals surface area contributed by atoms with Crippen molar-refractivity contribution < 1.29 is 22.7 Å². The topological polar surface area (TPSA) is 105 Å². The molecule has 1 saturated heterocycles. The Morgan fingerprint density at radius 1 is 1.10 bits per heavy atom. The van der Waals surface area contributed by atoms with Gasteiger partial charge >= 0.3 is 0 Å². The summed E-state index contributed by atoms with van der Waals surface area (Å²) < 4.78 is 30.9. The highest BCUT2D eigenvalue weighted by Crippen LogP contribution is 2.27. The molecule has 8 nitrogen and oxygen atoms in total. The molecule has 2 amide bonds. The first-order valence-corrected chi connectivity index (χ1v) is 11.8. The zero-order valence-electron chi connectivity index (χ0n) is 17.6. The van der Waals surface area contributed by atoms with Gasteiger partial charge in [0.2, 0.25) is 21.8 Å². The lowest BCUT2D eigenvalue weighted by Gasteiger charge is -2.17. The molecule has 1 unspecified atom stereocenters. The van der Waals surface area contributed by atoms with Gasteiger partial charge in [0, 0.05) is 25.2 Å². The van der Waals surface area contributed by atoms with Gasteiger partial charge in [-0.3, -0.25) is 9.59 Å². The number of anilines is 1. The monoisotopic (exact) mass is 445 g/mol. The average Bonchev–Trinajstić information content (AvgIpc) is 3.15. The van der Waals surface area contributed by atoms with Crippen LogP contribution < -0.4 is 19.7 Å². The third-order valence-corrected chi connectivity index (χ3v) is 6.45. The molecule has 2 aromatic rings. The Morgan fingerprint density at radius 3 is 2.35 bits per heavy atom. The lowest BCUT2D eigenvalue weighted by molar-refractivity contribution is -0.126. The minimum Gasteiger partial charge on any atom is -0.494 e. The summed E-state index contributed by atoms with van der Waals surface area (Å²) in [5, 5.41) is 2.87. The molecular formula is C22H27N3O5S. The van der Waals surface area contributed by atoms with Crippen LogP contribution in [-0.2, 0) is 31.9 Å². The third kappa shape index (κ3) is 6.05. The van der Waals surface area contributed by atoms with Crippen LogP contribution in [0, 0.1) is 5.92 Å². The maximum atomic E-state index is 12.6. The predicted octanol–water partition coefficient (Wildman–Crippen LogP) is 1.80. The molecule has 0 bridgehead atoms. The molecule has 2 N–H and O–H groups in total. The number of carbonyl (C=O) groups is 2. The van der Waals surface area contributed by atoms with E-state index in [1.807, 2.05) is 31.2 Å². The second kappa shape index (κ2) is 9.93. The molecule has 31 heavy (non-hydrogen) atoms. The summed E-state index contributed by atoms with van der Waals surface area (Å²) in [6.45, 7) is 3.12. The van der Waals surface area contributed by atoms with Crippen LogP contribution in [0.15, 0.2) is 48.5 Å². The quantitative estimate of drug-likeness (QED) is 0.613. The first-order valence-electron chi connectivity index (χ1n) is 10.1. The lowest BCUT2D eigenvalue weighted by Crippen LogP contribution is -2.32. The molecule has 0 saturated carbocycles. The van der Waals surface area contributed by atoms with Crippen molar-refractivity contribution in [3.8, 4) is 5.75 Å². The highest BCUT2D eigenvalue weighted by molar-refractivity contribution is 7.88. The zero-order valence-corrected chi connectivity index (χ0v) is 18.4. The summed E-state index contributed by atoms with van der Waals surface area (Å²) in [6.07, 6.45) is 0.167. The molecule has 166 valence electrons. The van der Waals surface area contributed by atoms with E-state index in [1.165, 1.54) is 7.05 Å². The van der Waals surface area contributed by atoms with Gasteiger partial charge in [-0.15, -0.1) is 0 Å². The molecule has 0 aliphatic carbocycles. The maximum Gasteiger partial charge on any atom is 0.227 e. The van der Waals surface area contributed by atoms with Gasteiger partial charge in [-0.25, -0.2) is 13.1 Å². The van der Waals surface area contributed by atoms with Crippen molar-refractivity contribution in [1.82, 2.24) is 10.0 Å². The maximum absolute atomic E-state index is 12.6. The Bertz CT molecular complexity index is 1020. The fourth-order valence-corrected chi connectivity index (χ4v) is 4.18. The van der Waals surface area contributed by atoms with Crippen molar-refractivity contribution in [2.24, 2.45) is 5.92 Å². The number of nitrogens with zero attached hydrogens (tertiary/aromatic N) is 1. The summed E-state index contributed by atoms with van der Waals surface area (Å²) in [4.78, 5) is 26.6. The fraction of sp³-hybridized carbons (Fsp3) is 0.364. The molecule has 1 aliphatic heterocycles. The highest BCUT2D eigenvalue weighted by Gasteiger charge is 2.35. The molecule has 1 aliphatic rings. The van der Waals surface area contributed by atoms with E-state index in [2.05, 4.69) is 10.0 Å². The summed E-state index contributed by atoms with van der Waals surface area (Å²) in [5.41, 5.74) is 2.26. The number of hydrogen-bond acceptors (Lipinski definition) is 5. The first-order chi connectivity index (χ1) is 14.8. The molecular weight excluding hydrogens is 418 g/mol. The van der Waals surface area contributed by atoms with Crippen LogP contribution in [0.3, 0.4) is 0 Å². The van der Waals surface area contributed by atoms with E-state index in [-0.39, 0.29) is 24.0 Å². The van der Waals surface area contributed by atoms with Crippen molar-refractivity contribution in [1.29, 1.82) is 0 Å². The summed E-state index contributed by atoms with van der Waals surface area (Å²) in [6, 6.07) is 14.3. The number of hydrogen-bond donors (Lipinski definition) is 2. The van der Waals surface area contributed by atoms with Crippen LogP contribution in [0.5, 0.6) is 5.75 Å². The SMILES string of the molecule is CCOc1ccc(N2CC(C(=O)NCc3ccc(CS(=O)(=O)NC)cc3)CC2=O)cc1. The lowest BCUT2D eigenvalue weighted by atomic mass is 10.1. The number of ether oxygens (including phenoxy) is 1. The van der Waals surface area contributed by atoms with Gasteiger partial charge in [0.05, 0.1) is 18.3 Å². The Morgan fingerprint density at radius 2 is 1.74 bits per heavy atom. The highest BCUT2D eigenvalue weighted by atomic mass is 32.2. The summed E-state index contributed by atoms with van der Waals surface area (Å²) in [7, 11) is -1.95. The molecule has 0 radical (unpaired) electrons. The first kappa shape index (κ1) is 22.8. The van der Waals surface area contributed by atoms with E-state index in [0.717, 1.165) is 17.0 Å². The van der Waals surface area contributed by atoms with Crippen molar-refractivity contribution >= 4 is 27.5 Å². The summed E-state index contributed by atoms with van der Waals surface area (Å²) >= 11 is 0. The largest absolute Gasteiger partial charge is 0.494 e. The number of sulfonamides is 1. The van der Waals surface area contributed by atoms with Gasteiger partial charge in [0.1, 0.15) is 5.75 Å². The number of amides is 2. The minimum absolute atomic E-state index is 0.0839. The van der Waals surface area contributed by atoms with Crippen LogP contribution in [-0.4, -0.2) is 40.4 Å². The van der Waals surface area contributed by atoms with E-state index < -0.39 is 15.9 Å². The molecule has 1 heterocycles. The van der Waals surface area contributed by atoms with E-state index in [1.54, 1.807) is 29.2 Å². The smallest absolute Gasteiger partial charge is 0.227 e. The van der Waals surface area contributed by atoms with Crippen molar-refractivity contribution in [2.75, 3.05) is 25.1 Å². The molecule has 1 atom stereocenters. The minimum atomic E-state index is -3.32. The normalized spacial score (nSPS) is 16.4. The number of nitrogens with one attached hydrogen (secondary N) is 2. The fourth-order valence-electron chi connectivity index (χ4n) is 3.40. The standard InChI is InChI=1S/C22H27N3O5S/c1-3-30-20-10-8-19(9-11-20)25-14-18(12-21(25)26)22(27)24-13-16-4-6-17(7-5-16)15-31(28,29)23-2/h4-11,18,23H,3,12-15H2,1-2H3,(H,24,27). The van der Waals surface area contributed by atoms with Crippen LogP contribution in [0.25, 0.3) is 0 Å². The van der Waals surface area contributed by atoms with E-state index in [9.17, 15) is 18.0 Å². The van der Waals surface area contributed by atoms with Gasteiger partial charge in [-0.1, -0.05) is 24.3 Å². The molecule has 9 heteroatoms. The number of carbonyl (C=O) groups excluding carboxylic acids is 2. The van der Waals surface area contributed by atoms with Gasteiger partial charge in [0.15, 0.2) is 0 Å². The van der Waals surface area contributed by atoms with Crippen molar-refractivity contribution in [3.63, 3.8) is 0 Å². The summed E-state index contributed by atoms with van der Waals surface area (Å²) in [5.74, 6) is -0.0364.